The molecule has 0 aliphatic heterocycles. The molecule has 0 aromatic rings. The number of hydrogen-bond acceptors (Lipinski definition) is 2. The Bertz CT molecular complexity index is 211. The Morgan fingerprint density at radius 3 is 2.40 bits per heavy atom. The van der Waals surface area contributed by atoms with Crippen LogP contribution in [0.3, 0.4) is 0 Å². The highest BCUT2D eigenvalue weighted by Gasteiger charge is 2.27. The first-order chi connectivity index (χ1) is 7.20. The Kier molecular flexibility index (Phi) is 5.14. The van der Waals surface area contributed by atoms with Crippen molar-refractivity contribution in [2.75, 3.05) is 6.54 Å². The van der Waals surface area contributed by atoms with Crippen LogP contribution in [0.25, 0.3) is 0 Å². The molecule has 1 atom stereocenters. The first kappa shape index (κ1) is 12.5. The topological polar surface area (TPSA) is 32.3 Å². The minimum atomic E-state index is -0.513. The third kappa shape index (κ3) is 4.24. The molecule has 86 valence electrons. The van der Waals surface area contributed by atoms with Gasteiger partial charge in [0.2, 0.25) is 0 Å². The summed E-state index contributed by atoms with van der Waals surface area (Å²) >= 11 is 0. The molecule has 0 radical (unpaired) electrons. The second kappa shape index (κ2) is 6.15. The first-order valence-corrected chi connectivity index (χ1v) is 6.12. The van der Waals surface area contributed by atoms with E-state index >= 15 is 0 Å². The van der Waals surface area contributed by atoms with Gasteiger partial charge in [-0.1, -0.05) is 38.5 Å². The van der Waals surface area contributed by atoms with Gasteiger partial charge in [-0.05, 0) is 19.3 Å². The summed E-state index contributed by atoms with van der Waals surface area (Å²) < 4.78 is 0. The van der Waals surface area contributed by atoms with Gasteiger partial charge in [0.15, 0.2) is 0 Å². The summed E-state index contributed by atoms with van der Waals surface area (Å²) in [6, 6.07) is 0.109. The zero-order chi connectivity index (χ0) is 11.1. The summed E-state index contributed by atoms with van der Waals surface area (Å²) in [5.41, 5.74) is -0.513. The molecule has 1 saturated carbocycles. The number of rotatable bonds is 4. The lowest BCUT2D eigenvalue weighted by Gasteiger charge is -2.28. The van der Waals surface area contributed by atoms with Gasteiger partial charge in [0.05, 0.1) is 11.6 Å². The van der Waals surface area contributed by atoms with Crippen LogP contribution in [-0.4, -0.2) is 23.3 Å². The monoisotopic (exact) mass is 209 g/mol. The Balaban J connectivity index is 2.37. The van der Waals surface area contributed by atoms with Crippen molar-refractivity contribution < 1.29 is 5.11 Å². The van der Waals surface area contributed by atoms with Crippen molar-refractivity contribution in [2.45, 2.75) is 63.5 Å². The van der Waals surface area contributed by atoms with Gasteiger partial charge in [0, 0.05) is 6.54 Å². The number of aliphatic hydroxyl groups is 1. The fourth-order valence-corrected chi connectivity index (χ4v) is 2.20. The molecule has 1 rings (SSSR count). The highest BCUT2D eigenvalue weighted by molar-refractivity contribution is 4.99. The highest BCUT2D eigenvalue weighted by atomic mass is 16.3. The molecule has 0 amide bonds. The molecular formula is C13H23NO. The van der Waals surface area contributed by atoms with Gasteiger partial charge in [-0.25, -0.2) is 0 Å². The number of hydrogen-bond donors (Lipinski definition) is 2. The molecule has 2 nitrogen and oxygen atoms in total. The predicted octanol–water partition coefficient (Wildman–Crippen LogP) is 2.07. The maximum atomic E-state index is 10.4. The molecule has 1 aliphatic carbocycles. The fraction of sp³-hybridized carbons (Fsp3) is 0.846. The second-order valence-electron chi connectivity index (χ2n) is 4.65. The van der Waals surface area contributed by atoms with Crippen LogP contribution in [0.15, 0.2) is 0 Å². The average Bonchev–Trinajstić information content (AvgIpc) is 2.45. The normalized spacial score (nSPS) is 22.7. The van der Waals surface area contributed by atoms with Crippen molar-refractivity contribution in [2.24, 2.45) is 0 Å². The van der Waals surface area contributed by atoms with Crippen molar-refractivity contribution in [3.63, 3.8) is 0 Å². The Labute approximate surface area is 93.5 Å². The minimum absolute atomic E-state index is 0.109. The molecule has 0 aromatic carbocycles. The van der Waals surface area contributed by atoms with Crippen LogP contribution in [0.2, 0.25) is 0 Å². The van der Waals surface area contributed by atoms with Crippen LogP contribution in [0.1, 0.15) is 51.9 Å². The molecule has 2 N–H and O–H groups in total. The van der Waals surface area contributed by atoms with Gasteiger partial charge in [-0.15, -0.1) is 6.42 Å². The Morgan fingerprint density at radius 1 is 1.33 bits per heavy atom. The lowest BCUT2D eigenvalue weighted by Crippen LogP contribution is -2.43. The quantitative estimate of drug-likeness (QED) is 0.549. The van der Waals surface area contributed by atoms with E-state index in [9.17, 15) is 5.11 Å². The van der Waals surface area contributed by atoms with Gasteiger partial charge in [0.25, 0.3) is 0 Å². The zero-order valence-electron chi connectivity index (χ0n) is 9.76. The molecule has 1 fully saturated rings. The van der Waals surface area contributed by atoms with Crippen LogP contribution in [0, 0.1) is 12.3 Å². The summed E-state index contributed by atoms with van der Waals surface area (Å²) in [7, 11) is 0. The Hall–Kier alpha value is -0.520. The fourth-order valence-electron chi connectivity index (χ4n) is 2.20. The van der Waals surface area contributed by atoms with Crippen molar-refractivity contribution in [3.8, 4) is 12.3 Å². The molecule has 0 aromatic heterocycles. The molecule has 0 heterocycles. The molecule has 0 bridgehead atoms. The lowest BCUT2D eigenvalue weighted by atomic mass is 9.94. The van der Waals surface area contributed by atoms with Gasteiger partial charge in [-0.3, -0.25) is 0 Å². The molecule has 0 spiro atoms. The average molecular weight is 209 g/mol. The molecule has 0 saturated heterocycles. The lowest BCUT2D eigenvalue weighted by molar-refractivity contribution is 0.0240. The predicted molar refractivity (Wildman–Crippen MR) is 63.6 cm³/mol. The first-order valence-electron chi connectivity index (χ1n) is 6.12. The summed E-state index contributed by atoms with van der Waals surface area (Å²) in [6.45, 7) is 2.71. The third-order valence-electron chi connectivity index (χ3n) is 3.32. The third-order valence-corrected chi connectivity index (χ3v) is 3.32. The molecule has 15 heavy (non-hydrogen) atoms. The van der Waals surface area contributed by atoms with Gasteiger partial charge in [0.1, 0.15) is 0 Å². The van der Waals surface area contributed by atoms with Crippen molar-refractivity contribution in [3.05, 3.63) is 0 Å². The van der Waals surface area contributed by atoms with Gasteiger partial charge in [-0.2, -0.15) is 0 Å². The highest BCUT2D eigenvalue weighted by Crippen LogP contribution is 2.26. The smallest absolute Gasteiger partial charge is 0.0772 e. The van der Waals surface area contributed by atoms with Crippen molar-refractivity contribution >= 4 is 0 Å². The van der Waals surface area contributed by atoms with E-state index in [1.54, 1.807) is 0 Å². The van der Waals surface area contributed by atoms with E-state index in [4.69, 9.17) is 6.42 Å². The van der Waals surface area contributed by atoms with E-state index in [0.717, 1.165) is 32.1 Å². The van der Waals surface area contributed by atoms with E-state index in [1.165, 1.54) is 12.8 Å². The second-order valence-corrected chi connectivity index (χ2v) is 4.65. The van der Waals surface area contributed by atoms with Crippen LogP contribution in [0.4, 0.5) is 0 Å². The zero-order valence-corrected chi connectivity index (χ0v) is 9.76. The standard InChI is InChI=1S/C13H23NO/c1-3-12(4-2)14-11-13(15)9-7-5-6-8-10-13/h1,12,14-15H,4-11H2,2H3. The number of terminal acetylenes is 1. The maximum Gasteiger partial charge on any atom is 0.0772 e. The SMILES string of the molecule is C#CC(CC)NCC1(O)CCCCCC1. The van der Waals surface area contributed by atoms with E-state index in [-0.39, 0.29) is 6.04 Å². The van der Waals surface area contributed by atoms with E-state index in [0.29, 0.717) is 6.54 Å². The minimum Gasteiger partial charge on any atom is -0.389 e. The van der Waals surface area contributed by atoms with Gasteiger partial charge >= 0.3 is 0 Å². The van der Waals surface area contributed by atoms with Crippen LogP contribution < -0.4 is 5.32 Å². The van der Waals surface area contributed by atoms with Crippen LogP contribution in [0.5, 0.6) is 0 Å². The summed E-state index contributed by atoms with van der Waals surface area (Å²) in [5.74, 6) is 2.70. The molecule has 2 heteroatoms. The molecular weight excluding hydrogens is 186 g/mol. The maximum absolute atomic E-state index is 10.4. The summed E-state index contributed by atoms with van der Waals surface area (Å²) in [4.78, 5) is 0. The van der Waals surface area contributed by atoms with Crippen molar-refractivity contribution in [1.82, 2.24) is 5.32 Å². The van der Waals surface area contributed by atoms with E-state index in [2.05, 4.69) is 18.2 Å². The molecule has 1 aliphatic rings. The number of nitrogens with one attached hydrogen (secondary N) is 1. The van der Waals surface area contributed by atoms with E-state index in [1.807, 2.05) is 0 Å². The van der Waals surface area contributed by atoms with Crippen LogP contribution >= 0.6 is 0 Å². The Morgan fingerprint density at radius 2 is 1.93 bits per heavy atom. The van der Waals surface area contributed by atoms with E-state index < -0.39 is 5.60 Å². The molecule has 1 unspecified atom stereocenters. The van der Waals surface area contributed by atoms with Gasteiger partial charge < -0.3 is 10.4 Å². The van der Waals surface area contributed by atoms with Crippen LogP contribution in [-0.2, 0) is 0 Å². The largest absolute Gasteiger partial charge is 0.389 e. The summed E-state index contributed by atoms with van der Waals surface area (Å²) in [6.07, 6.45) is 12.9. The summed E-state index contributed by atoms with van der Waals surface area (Å²) in [5, 5.41) is 13.6. The van der Waals surface area contributed by atoms with Crippen molar-refractivity contribution in [1.29, 1.82) is 0 Å².